The molecule has 3 rings (SSSR count). The van der Waals surface area contributed by atoms with E-state index in [9.17, 15) is 0 Å². The van der Waals surface area contributed by atoms with Crippen molar-refractivity contribution in [1.29, 1.82) is 0 Å². The summed E-state index contributed by atoms with van der Waals surface area (Å²) < 4.78 is 2.67. The molecule has 0 atom stereocenters. The molecule has 0 radical (unpaired) electrons. The van der Waals surface area contributed by atoms with Crippen molar-refractivity contribution < 1.29 is 4.58 Å². The number of hydrogen-bond acceptors (Lipinski definition) is 1. The predicted octanol–water partition coefficient (Wildman–Crippen LogP) is 12.4. The highest BCUT2D eigenvalue weighted by Crippen LogP contribution is 2.36. The van der Waals surface area contributed by atoms with Crippen LogP contribution in [-0.2, 0) is 38.5 Å². The van der Waals surface area contributed by atoms with E-state index >= 15 is 0 Å². The van der Waals surface area contributed by atoms with Gasteiger partial charge in [-0.2, -0.15) is 0 Å². The molecule has 2 aromatic carbocycles. The van der Waals surface area contributed by atoms with Gasteiger partial charge in [-0.1, -0.05) is 107 Å². The van der Waals surface area contributed by atoms with Crippen molar-refractivity contribution in [2.24, 2.45) is 35.5 Å². The van der Waals surface area contributed by atoms with Gasteiger partial charge in [0.1, 0.15) is 24.5 Å². The van der Waals surface area contributed by atoms with Crippen molar-refractivity contribution in [3.8, 4) is 0 Å². The van der Waals surface area contributed by atoms with Crippen molar-refractivity contribution in [2.45, 2.75) is 160 Å². The van der Waals surface area contributed by atoms with Crippen molar-refractivity contribution in [1.82, 2.24) is 0 Å². The molecule has 0 aliphatic carbocycles. The summed E-state index contributed by atoms with van der Waals surface area (Å²) in [6.07, 6.45) is 17.1. The summed E-state index contributed by atoms with van der Waals surface area (Å²) in [5.41, 5.74) is 12.5. The molecule has 0 bridgehead atoms. The third kappa shape index (κ3) is 13.0. The summed E-state index contributed by atoms with van der Waals surface area (Å²) in [4.78, 5) is 2.67. The summed E-state index contributed by atoms with van der Waals surface area (Å²) in [7, 11) is 0. The average Bonchev–Trinajstić information content (AvgIpc) is 3.47. The minimum absolute atomic E-state index is 0.710. The third-order valence-corrected chi connectivity index (χ3v) is 10.1. The molecule has 2 heteroatoms. The Morgan fingerprint density at radius 3 is 1.15 bits per heavy atom. The van der Waals surface area contributed by atoms with Gasteiger partial charge in [0.05, 0.1) is 0 Å². The third-order valence-electron chi connectivity index (χ3n) is 10.1. The lowest BCUT2D eigenvalue weighted by Gasteiger charge is -2.21. The van der Waals surface area contributed by atoms with Crippen molar-refractivity contribution in [3.05, 3.63) is 57.6 Å². The minimum atomic E-state index is 0.710. The van der Waals surface area contributed by atoms with Crippen LogP contribution in [0.2, 0.25) is 0 Å². The number of benzene rings is 2. The number of hydrogen-bond donors (Lipinski definition) is 0. The Hall–Kier alpha value is -2.09. The van der Waals surface area contributed by atoms with E-state index < -0.39 is 0 Å². The Balaban J connectivity index is 2.16. The van der Waals surface area contributed by atoms with Gasteiger partial charge in [0.2, 0.25) is 6.34 Å². The Morgan fingerprint density at radius 1 is 0.468 bits per heavy atom. The first kappa shape index (κ1) is 39.3. The first-order valence-electron chi connectivity index (χ1n) is 19.9. The quantitative estimate of drug-likeness (QED) is 0.130. The molecule has 0 saturated heterocycles. The van der Waals surface area contributed by atoms with Gasteiger partial charge in [0.15, 0.2) is 0 Å². The molecule has 0 spiro atoms. The van der Waals surface area contributed by atoms with Crippen LogP contribution in [0.4, 0.5) is 11.4 Å². The highest BCUT2D eigenvalue weighted by Gasteiger charge is 2.30. The summed E-state index contributed by atoms with van der Waals surface area (Å²) in [5.74, 6) is 4.31. The molecular weight excluding hydrogens is 569 g/mol. The largest absolute Gasteiger partial charge is 0.244 e. The number of aryl methyl sites for hydroxylation is 6. The average molecular weight is 644 g/mol. The van der Waals surface area contributed by atoms with Gasteiger partial charge in [0, 0.05) is 0 Å². The summed E-state index contributed by atoms with van der Waals surface area (Å²) in [5, 5.41) is 0. The first-order valence-corrected chi connectivity index (χ1v) is 19.9. The first-order chi connectivity index (χ1) is 22.2. The van der Waals surface area contributed by atoms with Crippen LogP contribution in [0.25, 0.3) is 0 Å². The fraction of sp³-hybridized carbons (Fsp3) is 0.711. The predicted molar refractivity (Wildman–Crippen MR) is 210 cm³/mol. The normalized spacial score (nSPS) is 13.9. The summed E-state index contributed by atoms with van der Waals surface area (Å²) >= 11 is 0. The molecule has 0 amide bonds. The van der Waals surface area contributed by atoms with Crippen LogP contribution >= 0.6 is 0 Å². The minimum Gasteiger partial charge on any atom is -0.229 e. The van der Waals surface area contributed by atoms with Crippen LogP contribution in [0, 0.1) is 35.5 Å². The molecule has 264 valence electrons. The lowest BCUT2D eigenvalue weighted by atomic mass is 9.90. The molecule has 0 unspecified atom stereocenters. The maximum absolute atomic E-state index is 2.67. The summed E-state index contributed by atoms with van der Waals surface area (Å²) in [6.45, 7) is 30.7. The van der Waals surface area contributed by atoms with Crippen molar-refractivity contribution >= 4 is 17.7 Å². The molecule has 0 saturated carbocycles. The topological polar surface area (TPSA) is 6.25 Å². The zero-order valence-electron chi connectivity index (χ0n) is 33.1. The highest BCUT2D eigenvalue weighted by atomic mass is 15.3. The standard InChI is InChI=1S/C45H75N2/c1-32(2)13-19-38-27-40(21-15-34(5)6)44(41(28-38)22-16-35(7)8)46-25-26-47(31-46)45-42(23-17-36(9)10)29-39(20-14-33(3)4)30-43(45)24-18-37(11)12/h27-37H,13-26H2,1-12H3/q+1. The fourth-order valence-corrected chi connectivity index (χ4v) is 6.98. The van der Waals surface area contributed by atoms with E-state index in [-0.39, 0.29) is 0 Å². The monoisotopic (exact) mass is 644 g/mol. The molecule has 1 aliphatic rings. The molecular formula is C45H75N2+. The number of anilines is 1. The molecule has 1 aliphatic heterocycles. The Kier molecular flexibility index (Phi) is 16.1. The van der Waals surface area contributed by atoms with Gasteiger partial charge in [-0.05, 0) is 146 Å². The smallest absolute Gasteiger partial charge is 0.229 e. The van der Waals surface area contributed by atoms with Gasteiger partial charge in [0.25, 0.3) is 0 Å². The van der Waals surface area contributed by atoms with Crippen LogP contribution < -0.4 is 4.90 Å². The second-order valence-corrected chi connectivity index (χ2v) is 17.6. The van der Waals surface area contributed by atoms with Crippen LogP contribution in [0.15, 0.2) is 24.3 Å². The van der Waals surface area contributed by atoms with Crippen LogP contribution in [0.5, 0.6) is 0 Å². The Bertz CT molecular complexity index is 1190. The van der Waals surface area contributed by atoms with Crippen molar-refractivity contribution in [3.63, 3.8) is 0 Å². The lowest BCUT2D eigenvalue weighted by molar-refractivity contribution is -0.425. The van der Waals surface area contributed by atoms with Gasteiger partial charge in [-0.25, -0.2) is 9.48 Å². The number of rotatable bonds is 20. The number of nitrogens with zero attached hydrogens (tertiary/aromatic N) is 2. The molecule has 2 nitrogen and oxygen atoms in total. The maximum Gasteiger partial charge on any atom is 0.244 e. The van der Waals surface area contributed by atoms with E-state index in [4.69, 9.17) is 0 Å². The molecule has 0 aromatic heterocycles. The van der Waals surface area contributed by atoms with Gasteiger partial charge in [-0.15, -0.1) is 0 Å². The van der Waals surface area contributed by atoms with Gasteiger partial charge < -0.3 is 0 Å². The highest BCUT2D eigenvalue weighted by molar-refractivity contribution is 5.82. The van der Waals surface area contributed by atoms with E-state index in [1.807, 2.05) is 0 Å². The van der Waals surface area contributed by atoms with E-state index in [2.05, 4.69) is 123 Å². The second kappa shape index (κ2) is 19.2. The summed E-state index contributed by atoms with van der Waals surface area (Å²) in [6, 6.07) is 10.4. The fourth-order valence-electron chi connectivity index (χ4n) is 6.98. The van der Waals surface area contributed by atoms with Crippen LogP contribution in [0.3, 0.4) is 0 Å². The van der Waals surface area contributed by atoms with E-state index in [1.54, 1.807) is 33.4 Å². The second-order valence-electron chi connectivity index (χ2n) is 17.6. The van der Waals surface area contributed by atoms with Gasteiger partial charge >= 0.3 is 0 Å². The molecule has 0 N–H and O–H groups in total. The maximum atomic E-state index is 2.67. The zero-order valence-corrected chi connectivity index (χ0v) is 33.1. The SMILES string of the molecule is CC(C)CCc1cc(CCC(C)C)c(N2C=[N+](c3c(CCC(C)C)cc(CCC(C)C)cc3CCC(C)C)CC2)c(CCC(C)C)c1. The zero-order chi connectivity index (χ0) is 34.7. The van der Waals surface area contributed by atoms with Crippen LogP contribution in [-0.4, -0.2) is 24.0 Å². The Morgan fingerprint density at radius 2 is 0.787 bits per heavy atom. The van der Waals surface area contributed by atoms with Crippen LogP contribution in [0.1, 0.15) is 155 Å². The molecule has 47 heavy (non-hydrogen) atoms. The van der Waals surface area contributed by atoms with E-state index in [1.165, 1.54) is 88.4 Å². The Labute approximate surface area is 292 Å². The molecule has 1 heterocycles. The van der Waals surface area contributed by atoms with Crippen molar-refractivity contribution in [2.75, 3.05) is 18.0 Å². The van der Waals surface area contributed by atoms with E-state index in [0.717, 1.165) is 24.9 Å². The molecule has 2 aromatic rings. The molecule has 0 fully saturated rings. The van der Waals surface area contributed by atoms with E-state index in [0.29, 0.717) is 23.7 Å². The van der Waals surface area contributed by atoms with Gasteiger partial charge in [-0.3, -0.25) is 0 Å². The lowest BCUT2D eigenvalue weighted by Crippen LogP contribution is -2.22.